The van der Waals surface area contributed by atoms with E-state index in [-0.39, 0.29) is 40.6 Å². The first-order chi connectivity index (χ1) is 7.99. The van der Waals surface area contributed by atoms with Crippen LogP contribution in [-0.2, 0) is 4.74 Å². The molecule has 0 aliphatic carbocycles. The summed E-state index contributed by atoms with van der Waals surface area (Å²) in [5.74, 6) is -0.638. The van der Waals surface area contributed by atoms with Gasteiger partial charge in [-0.3, -0.25) is 0 Å². The summed E-state index contributed by atoms with van der Waals surface area (Å²) in [5, 5.41) is 0.155. The number of carbonyl (C=O) groups excluding carboxylic acids is 1. The Bertz CT molecular complexity index is 621. The van der Waals surface area contributed by atoms with Gasteiger partial charge in [-0.15, -0.1) is 0 Å². The Morgan fingerprint density at radius 3 is 3.08 bits per heavy atom. The van der Waals surface area contributed by atoms with Crippen LogP contribution in [0.25, 0.3) is 10.9 Å². The van der Waals surface area contributed by atoms with Crippen LogP contribution in [0.1, 0.15) is 15.8 Å². The average Bonchev–Trinajstić information content (AvgIpc) is 2.77. The molecule has 0 bridgehead atoms. The topological polar surface area (TPSA) is 42.1 Å². The second-order valence-corrected chi connectivity index (χ2v) is 2.44. The zero-order valence-electron chi connectivity index (χ0n) is 10.9. The van der Waals surface area contributed by atoms with Gasteiger partial charge in [0.15, 0.2) is 0 Å². The maximum absolute atomic E-state index is 11.5. The molecular weight excluding hydrogens is 166 g/mol. The van der Waals surface area contributed by atoms with Crippen molar-refractivity contribution in [1.29, 1.82) is 0 Å². The van der Waals surface area contributed by atoms with Crippen LogP contribution in [0.2, 0.25) is 0 Å². The van der Waals surface area contributed by atoms with Gasteiger partial charge >= 0.3 is 5.97 Å². The summed E-state index contributed by atoms with van der Waals surface area (Å²) in [4.78, 5) is 14.1. The number of hydrogen-bond donors (Lipinski definition) is 1. The Labute approximate surface area is 80.9 Å². The number of aromatic amines is 1. The molecule has 13 heavy (non-hydrogen) atoms. The lowest BCUT2D eigenvalue weighted by Gasteiger charge is -1.95. The number of para-hydroxylation sites is 1. The fraction of sp³-hybridized carbons (Fsp3) is 0.100. The van der Waals surface area contributed by atoms with Crippen LogP contribution in [0.4, 0.5) is 0 Å². The van der Waals surface area contributed by atoms with Gasteiger partial charge in [-0.05, 0) is 6.04 Å². The van der Waals surface area contributed by atoms with E-state index in [1.54, 1.807) is 0 Å². The average molecular weight is 179 g/mol. The molecule has 0 fully saturated rings. The summed E-state index contributed by atoms with van der Waals surface area (Å²) in [6.45, 7) is 0. The molecule has 0 aliphatic rings. The SMILES string of the molecule is [2H]c1c([2H])c([2H])c2c(C(=O)OC)c[nH]c2c1[2H]. The number of aromatic nitrogens is 1. The molecule has 1 heterocycles. The van der Waals surface area contributed by atoms with Crippen LogP contribution in [0.5, 0.6) is 0 Å². The predicted molar refractivity (Wildman–Crippen MR) is 49.6 cm³/mol. The lowest BCUT2D eigenvalue weighted by molar-refractivity contribution is 0.0603. The van der Waals surface area contributed by atoms with Gasteiger partial charge in [0.25, 0.3) is 0 Å². The van der Waals surface area contributed by atoms with Gasteiger partial charge in [-0.2, -0.15) is 0 Å². The summed E-state index contributed by atoms with van der Waals surface area (Å²) in [7, 11) is 1.22. The smallest absolute Gasteiger partial charge is 0.340 e. The number of ether oxygens (including phenoxy) is 1. The molecule has 0 aliphatic heterocycles. The molecule has 1 aromatic carbocycles. The second-order valence-electron chi connectivity index (χ2n) is 2.44. The van der Waals surface area contributed by atoms with Gasteiger partial charge in [-0.1, -0.05) is 18.1 Å². The van der Waals surface area contributed by atoms with Gasteiger partial charge < -0.3 is 9.72 Å². The van der Waals surface area contributed by atoms with Gasteiger partial charge in [-0.25, -0.2) is 4.79 Å². The van der Waals surface area contributed by atoms with Crippen molar-refractivity contribution in [3.05, 3.63) is 35.9 Å². The van der Waals surface area contributed by atoms with E-state index in [9.17, 15) is 4.79 Å². The van der Waals surface area contributed by atoms with Gasteiger partial charge in [0, 0.05) is 17.1 Å². The van der Waals surface area contributed by atoms with Crippen LogP contribution in [0.3, 0.4) is 0 Å². The predicted octanol–water partition coefficient (Wildman–Crippen LogP) is 1.95. The highest BCUT2D eigenvalue weighted by Crippen LogP contribution is 2.17. The molecule has 0 atom stereocenters. The van der Waals surface area contributed by atoms with Crippen molar-refractivity contribution >= 4 is 16.9 Å². The first-order valence-corrected chi connectivity index (χ1v) is 3.64. The number of fused-ring (bicyclic) bond motifs is 1. The number of benzene rings is 1. The molecule has 3 heteroatoms. The zero-order chi connectivity index (χ0) is 12.7. The van der Waals surface area contributed by atoms with E-state index in [1.807, 2.05) is 0 Å². The Hall–Kier alpha value is -1.77. The third kappa shape index (κ3) is 1.18. The van der Waals surface area contributed by atoms with Crippen LogP contribution in [0, 0.1) is 0 Å². The van der Waals surface area contributed by atoms with E-state index in [0.717, 1.165) is 0 Å². The van der Waals surface area contributed by atoms with Crippen molar-refractivity contribution in [3.63, 3.8) is 0 Å². The third-order valence-electron chi connectivity index (χ3n) is 1.72. The Kier molecular flexibility index (Phi) is 1.01. The molecule has 0 radical (unpaired) electrons. The van der Waals surface area contributed by atoms with Gasteiger partial charge in [0.05, 0.1) is 18.2 Å². The van der Waals surface area contributed by atoms with E-state index >= 15 is 0 Å². The lowest BCUT2D eigenvalue weighted by atomic mass is 10.2. The first-order valence-electron chi connectivity index (χ1n) is 5.64. The molecule has 2 aromatic rings. The molecule has 0 amide bonds. The Morgan fingerprint density at radius 2 is 2.31 bits per heavy atom. The van der Waals surface area contributed by atoms with E-state index in [1.165, 1.54) is 13.3 Å². The lowest BCUT2D eigenvalue weighted by Crippen LogP contribution is -1.99. The Morgan fingerprint density at radius 1 is 1.54 bits per heavy atom. The molecule has 1 aromatic heterocycles. The highest BCUT2D eigenvalue weighted by Gasteiger charge is 2.10. The van der Waals surface area contributed by atoms with Crippen LogP contribution in [-0.4, -0.2) is 18.1 Å². The normalized spacial score (nSPS) is 14.5. The van der Waals surface area contributed by atoms with Gasteiger partial charge in [0.1, 0.15) is 0 Å². The summed E-state index contributed by atoms with van der Waals surface area (Å²) < 4.78 is 35.0. The van der Waals surface area contributed by atoms with Crippen LogP contribution >= 0.6 is 0 Å². The van der Waals surface area contributed by atoms with E-state index in [2.05, 4.69) is 9.72 Å². The molecule has 0 spiro atoms. The van der Waals surface area contributed by atoms with Crippen LogP contribution in [0.15, 0.2) is 30.4 Å². The molecule has 0 unspecified atom stereocenters. The first kappa shape index (κ1) is 4.46. The van der Waals surface area contributed by atoms with E-state index < -0.39 is 5.97 Å². The minimum atomic E-state index is -0.638. The minimum absolute atomic E-state index is 0.106. The van der Waals surface area contributed by atoms with Crippen molar-refractivity contribution in [2.45, 2.75) is 0 Å². The summed E-state index contributed by atoms with van der Waals surface area (Å²) in [6.07, 6.45) is 1.32. The fourth-order valence-corrected chi connectivity index (χ4v) is 1.11. The van der Waals surface area contributed by atoms with E-state index in [0.29, 0.717) is 0 Å². The quantitative estimate of drug-likeness (QED) is 0.680. The molecule has 66 valence electrons. The summed E-state index contributed by atoms with van der Waals surface area (Å²) >= 11 is 0. The molecular formula is C10H9NO2. The number of nitrogens with one attached hydrogen (secondary N) is 1. The largest absolute Gasteiger partial charge is 0.465 e. The maximum atomic E-state index is 11.5. The number of methoxy groups -OCH3 is 1. The van der Waals surface area contributed by atoms with Crippen LogP contribution < -0.4 is 0 Å². The summed E-state index contributed by atoms with van der Waals surface area (Å²) in [6, 6.07) is -1.15. The molecule has 1 N–H and O–H groups in total. The zero-order valence-corrected chi connectivity index (χ0v) is 6.89. The highest BCUT2D eigenvalue weighted by atomic mass is 16.5. The second kappa shape index (κ2) is 2.94. The van der Waals surface area contributed by atoms with Crippen molar-refractivity contribution in [3.8, 4) is 0 Å². The fourth-order valence-electron chi connectivity index (χ4n) is 1.11. The molecule has 0 saturated carbocycles. The number of carbonyl (C=O) groups is 1. The van der Waals surface area contributed by atoms with Crippen molar-refractivity contribution in [2.75, 3.05) is 7.11 Å². The maximum Gasteiger partial charge on any atom is 0.340 e. The highest BCUT2D eigenvalue weighted by molar-refractivity contribution is 6.03. The minimum Gasteiger partial charge on any atom is -0.465 e. The number of hydrogen-bond acceptors (Lipinski definition) is 2. The van der Waals surface area contributed by atoms with Crippen molar-refractivity contribution in [2.24, 2.45) is 0 Å². The Balaban J connectivity index is 2.90. The standard InChI is InChI=1S/C10H9NO2/c1-13-10(12)8-6-11-9-5-3-2-4-7(8)9/h2-6,11H,1H3/i2D,3D,4D,5D. The van der Waals surface area contributed by atoms with Gasteiger partial charge in [0.2, 0.25) is 0 Å². The van der Waals surface area contributed by atoms with E-state index in [4.69, 9.17) is 5.48 Å². The van der Waals surface area contributed by atoms with Crippen molar-refractivity contribution in [1.82, 2.24) is 4.98 Å². The molecule has 3 nitrogen and oxygen atoms in total. The molecule has 0 saturated heterocycles. The number of H-pyrrole nitrogens is 1. The monoisotopic (exact) mass is 179 g/mol. The number of esters is 1. The summed E-state index contributed by atoms with van der Waals surface area (Å²) in [5.41, 5.74) is 0.311. The van der Waals surface area contributed by atoms with Crippen molar-refractivity contribution < 1.29 is 15.0 Å². The molecule has 2 rings (SSSR count). The number of rotatable bonds is 1. The third-order valence-corrected chi connectivity index (χ3v) is 1.72.